The Kier molecular flexibility index (Phi) is 3.90. The molecule has 108 valence electrons. The van der Waals surface area contributed by atoms with E-state index in [-0.39, 0.29) is 11.9 Å². The van der Waals surface area contributed by atoms with Crippen LogP contribution in [0.5, 0.6) is 5.75 Å². The van der Waals surface area contributed by atoms with Gasteiger partial charge in [0.05, 0.1) is 12.6 Å². The number of hydrogen-bond acceptors (Lipinski definition) is 3. The highest BCUT2D eigenvalue weighted by molar-refractivity contribution is 7.19. The first-order valence-corrected chi connectivity index (χ1v) is 7.67. The van der Waals surface area contributed by atoms with E-state index in [2.05, 4.69) is 0 Å². The lowest BCUT2D eigenvalue weighted by atomic mass is 10.0. The molecule has 3 aromatic rings. The minimum absolute atomic E-state index is 0.223. The second-order valence-corrected chi connectivity index (χ2v) is 5.89. The summed E-state index contributed by atoms with van der Waals surface area (Å²) in [5.74, 6) is 0.579. The Morgan fingerprint density at radius 1 is 1.19 bits per heavy atom. The van der Waals surface area contributed by atoms with Crippen molar-refractivity contribution in [2.75, 3.05) is 6.61 Å². The number of fused-ring (bicyclic) bond motifs is 1. The molecule has 1 unspecified atom stereocenters. The van der Waals surface area contributed by atoms with E-state index in [0.717, 1.165) is 26.3 Å². The van der Waals surface area contributed by atoms with E-state index in [1.807, 2.05) is 37.3 Å². The molecule has 1 atom stereocenters. The molecule has 0 spiro atoms. The summed E-state index contributed by atoms with van der Waals surface area (Å²) in [4.78, 5) is 1.00. The molecule has 0 bridgehead atoms. The summed E-state index contributed by atoms with van der Waals surface area (Å²) < 4.78 is 19.8. The average Bonchev–Trinajstić information content (AvgIpc) is 2.90. The zero-order valence-corrected chi connectivity index (χ0v) is 12.5. The Hall–Kier alpha value is -1.91. The second kappa shape index (κ2) is 5.84. The molecule has 0 aliphatic heterocycles. The van der Waals surface area contributed by atoms with Crippen LogP contribution in [0.1, 0.15) is 23.4 Å². The smallest absolute Gasteiger partial charge is 0.124 e. The van der Waals surface area contributed by atoms with Crippen LogP contribution in [0.3, 0.4) is 0 Å². The Balaban J connectivity index is 2.02. The van der Waals surface area contributed by atoms with Gasteiger partial charge in [0.15, 0.2) is 0 Å². The molecule has 0 radical (unpaired) electrons. The van der Waals surface area contributed by atoms with Crippen molar-refractivity contribution in [3.05, 3.63) is 64.8 Å². The lowest BCUT2D eigenvalue weighted by Crippen LogP contribution is -2.12. The number of hydrogen-bond donors (Lipinski definition) is 1. The van der Waals surface area contributed by atoms with Crippen molar-refractivity contribution in [2.24, 2.45) is 5.73 Å². The van der Waals surface area contributed by atoms with Crippen molar-refractivity contribution in [1.29, 1.82) is 0 Å². The molecule has 0 aliphatic carbocycles. The van der Waals surface area contributed by atoms with Crippen LogP contribution in [0.2, 0.25) is 0 Å². The molecule has 2 nitrogen and oxygen atoms in total. The summed E-state index contributed by atoms with van der Waals surface area (Å²) in [6, 6.07) is 14.3. The van der Waals surface area contributed by atoms with Crippen molar-refractivity contribution < 1.29 is 9.13 Å². The first-order chi connectivity index (χ1) is 10.2. The number of halogens is 1. The van der Waals surface area contributed by atoms with Gasteiger partial charge in [-0.05, 0) is 36.6 Å². The van der Waals surface area contributed by atoms with E-state index in [1.54, 1.807) is 12.1 Å². The van der Waals surface area contributed by atoms with Crippen molar-refractivity contribution in [3.63, 3.8) is 0 Å². The maximum atomic E-state index is 13.3. The van der Waals surface area contributed by atoms with Gasteiger partial charge in [-0.15, -0.1) is 11.3 Å². The molecule has 1 aromatic heterocycles. The summed E-state index contributed by atoms with van der Waals surface area (Å²) >= 11 is 1.52. The molecule has 0 saturated heterocycles. The van der Waals surface area contributed by atoms with Crippen LogP contribution in [0.15, 0.2) is 48.5 Å². The SMILES string of the molecule is CCOc1ccccc1C(N)c1cc2ccc(F)cc2s1. The van der Waals surface area contributed by atoms with Crippen molar-refractivity contribution in [3.8, 4) is 5.75 Å². The third-order valence-electron chi connectivity index (χ3n) is 3.36. The van der Waals surface area contributed by atoms with Gasteiger partial charge in [-0.2, -0.15) is 0 Å². The van der Waals surface area contributed by atoms with Gasteiger partial charge in [0.2, 0.25) is 0 Å². The normalized spacial score (nSPS) is 12.5. The number of benzene rings is 2. The van der Waals surface area contributed by atoms with E-state index < -0.39 is 0 Å². The number of thiophene rings is 1. The number of nitrogens with two attached hydrogens (primary N) is 1. The van der Waals surface area contributed by atoms with Gasteiger partial charge in [0, 0.05) is 15.1 Å². The quantitative estimate of drug-likeness (QED) is 0.770. The third kappa shape index (κ3) is 2.77. The zero-order valence-electron chi connectivity index (χ0n) is 11.7. The van der Waals surface area contributed by atoms with Crippen LogP contribution in [0.4, 0.5) is 4.39 Å². The fourth-order valence-corrected chi connectivity index (χ4v) is 3.47. The van der Waals surface area contributed by atoms with Gasteiger partial charge in [-0.25, -0.2) is 4.39 Å². The third-order valence-corrected chi connectivity index (χ3v) is 4.54. The molecule has 2 aromatic carbocycles. The van der Waals surface area contributed by atoms with Crippen molar-refractivity contribution in [1.82, 2.24) is 0 Å². The summed E-state index contributed by atoms with van der Waals surface area (Å²) in [7, 11) is 0. The Bertz CT molecular complexity index is 768. The Morgan fingerprint density at radius 2 is 2.00 bits per heavy atom. The minimum atomic E-state index is -0.270. The number of rotatable bonds is 4. The molecule has 1 heterocycles. The fourth-order valence-electron chi connectivity index (χ4n) is 2.36. The Morgan fingerprint density at radius 3 is 2.81 bits per heavy atom. The lowest BCUT2D eigenvalue weighted by Gasteiger charge is -2.15. The topological polar surface area (TPSA) is 35.2 Å². The first kappa shape index (κ1) is 14.0. The molecule has 0 fully saturated rings. The molecule has 0 amide bonds. The maximum Gasteiger partial charge on any atom is 0.124 e. The van der Waals surface area contributed by atoms with E-state index in [4.69, 9.17) is 10.5 Å². The molecule has 3 rings (SSSR count). The van der Waals surface area contributed by atoms with Gasteiger partial charge in [0.1, 0.15) is 11.6 Å². The minimum Gasteiger partial charge on any atom is -0.494 e. The highest BCUT2D eigenvalue weighted by atomic mass is 32.1. The highest BCUT2D eigenvalue weighted by Gasteiger charge is 2.16. The maximum absolute atomic E-state index is 13.3. The summed E-state index contributed by atoms with van der Waals surface area (Å²) in [6.45, 7) is 2.55. The monoisotopic (exact) mass is 301 g/mol. The van der Waals surface area contributed by atoms with E-state index >= 15 is 0 Å². The molecule has 2 N–H and O–H groups in total. The molecule has 0 saturated carbocycles. The summed E-state index contributed by atoms with van der Waals surface area (Å²) in [5.41, 5.74) is 7.34. The predicted molar refractivity (Wildman–Crippen MR) is 85.4 cm³/mol. The first-order valence-electron chi connectivity index (χ1n) is 6.85. The average molecular weight is 301 g/mol. The molecular formula is C17H16FNOS. The summed E-state index contributed by atoms with van der Waals surface area (Å²) in [5, 5.41) is 1.01. The van der Waals surface area contributed by atoms with Crippen LogP contribution < -0.4 is 10.5 Å². The highest BCUT2D eigenvalue weighted by Crippen LogP contribution is 2.35. The van der Waals surface area contributed by atoms with E-state index in [9.17, 15) is 4.39 Å². The van der Waals surface area contributed by atoms with Gasteiger partial charge in [-0.1, -0.05) is 24.3 Å². The van der Waals surface area contributed by atoms with E-state index in [0.29, 0.717) is 6.61 Å². The fraction of sp³-hybridized carbons (Fsp3) is 0.176. The second-order valence-electron chi connectivity index (χ2n) is 4.78. The van der Waals surface area contributed by atoms with Gasteiger partial charge in [-0.3, -0.25) is 0 Å². The van der Waals surface area contributed by atoms with E-state index in [1.165, 1.54) is 17.4 Å². The van der Waals surface area contributed by atoms with Gasteiger partial charge < -0.3 is 10.5 Å². The molecule has 4 heteroatoms. The molecular weight excluding hydrogens is 285 g/mol. The largest absolute Gasteiger partial charge is 0.494 e. The van der Waals surface area contributed by atoms with Crippen LogP contribution in [-0.4, -0.2) is 6.61 Å². The van der Waals surface area contributed by atoms with Crippen LogP contribution >= 0.6 is 11.3 Å². The summed E-state index contributed by atoms with van der Waals surface area (Å²) in [6.07, 6.45) is 0. The Labute approximate surface area is 127 Å². The van der Waals surface area contributed by atoms with Gasteiger partial charge >= 0.3 is 0 Å². The number of ether oxygens (including phenoxy) is 1. The van der Waals surface area contributed by atoms with Crippen molar-refractivity contribution >= 4 is 21.4 Å². The lowest BCUT2D eigenvalue weighted by molar-refractivity contribution is 0.335. The number of para-hydroxylation sites is 1. The van der Waals surface area contributed by atoms with Gasteiger partial charge in [0.25, 0.3) is 0 Å². The standard InChI is InChI=1S/C17H16FNOS/c1-2-20-14-6-4-3-5-13(14)17(19)16-9-11-7-8-12(18)10-15(11)21-16/h3-10,17H,2,19H2,1H3. The molecule has 21 heavy (non-hydrogen) atoms. The van der Waals surface area contributed by atoms with Crippen LogP contribution in [0.25, 0.3) is 10.1 Å². The predicted octanol–water partition coefficient (Wildman–Crippen LogP) is 4.49. The molecule has 0 aliphatic rings. The van der Waals surface area contributed by atoms with Crippen LogP contribution in [-0.2, 0) is 0 Å². The zero-order chi connectivity index (χ0) is 14.8. The van der Waals surface area contributed by atoms with Crippen molar-refractivity contribution in [2.45, 2.75) is 13.0 Å². The van der Waals surface area contributed by atoms with Crippen LogP contribution in [0, 0.1) is 5.82 Å².